The molecule has 1 aromatic rings. The van der Waals surface area contributed by atoms with Gasteiger partial charge < -0.3 is 29.7 Å². The number of benzene rings is 1. The number of hydrogen-bond donors (Lipinski definition) is 2. The predicted octanol–water partition coefficient (Wildman–Crippen LogP) is 3.70. The molecule has 1 aromatic carbocycles. The van der Waals surface area contributed by atoms with Crippen LogP contribution in [0.1, 0.15) is 77.4 Å². The highest BCUT2D eigenvalue weighted by Crippen LogP contribution is 2.59. The van der Waals surface area contributed by atoms with Crippen LogP contribution in [0.3, 0.4) is 0 Å². The third-order valence-electron chi connectivity index (χ3n) is 9.47. The van der Waals surface area contributed by atoms with Gasteiger partial charge >= 0.3 is 5.97 Å². The number of esters is 1. The highest BCUT2D eigenvalue weighted by atomic mass is 16.6. The largest absolute Gasteiger partial charge is 0.455 e. The number of nitrogens with zero attached hydrogens (tertiary/aromatic N) is 2. The SMILES string of the molecule is C=CCCC(=O)N[C@@H](C)[C@H](OC(=O)[C@@H]1[C@@H]2CC[C@]3(O2)[C@H](C(=O)N(CC=C)CCCCC)N([C@H](C)CO)C(=O)[C@@H]13)c1ccccc1. The maximum atomic E-state index is 14.3. The molecule has 3 aliphatic rings. The number of unbranched alkanes of at least 4 members (excludes halogenated alkanes) is 2. The smallest absolute Gasteiger partial charge is 0.313 e. The minimum atomic E-state index is -1.21. The summed E-state index contributed by atoms with van der Waals surface area (Å²) in [6, 6.07) is 6.98. The van der Waals surface area contributed by atoms with Crippen LogP contribution in [-0.4, -0.2) is 88.1 Å². The van der Waals surface area contributed by atoms with Gasteiger partial charge in [-0.1, -0.05) is 62.2 Å². The second kappa shape index (κ2) is 15.2. The van der Waals surface area contributed by atoms with Crippen molar-refractivity contribution in [1.29, 1.82) is 0 Å². The summed E-state index contributed by atoms with van der Waals surface area (Å²) in [5.41, 5.74) is -0.502. The summed E-state index contributed by atoms with van der Waals surface area (Å²) in [4.78, 5) is 58.4. The number of amides is 3. The summed E-state index contributed by atoms with van der Waals surface area (Å²) in [5.74, 6) is -3.28. The van der Waals surface area contributed by atoms with Crippen molar-refractivity contribution < 1.29 is 33.8 Å². The van der Waals surface area contributed by atoms with E-state index in [0.29, 0.717) is 37.9 Å². The predicted molar refractivity (Wildman–Crippen MR) is 170 cm³/mol. The molecule has 10 heteroatoms. The summed E-state index contributed by atoms with van der Waals surface area (Å²) in [7, 11) is 0. The number of carbonyl (C=O) groups excluding carboxylic acids is 4. The number of aliphatic hydroxyl groups is 1. The van der Waals surface area contributed by atoms with E-state index in [1.54, 1.807) is 30.9 Å². The van der Waals surface area contributed by atoms with Gasteiger partial charge in [-0.2, -0.15) is 0 Å². The van der Waals surface area contributed by atoms with Crippen LogP contribution in [-0.2, 0) is 28.7 Å². The van der Waals surface area contributed by atoms with Crippen LogP contribution in [0.25, 0.3) is 0 Å². The van der Waals surface area contributed by atoms with Crippen molar-refractivity contribution in [1.82, 2.24) is 15.1 Å². The van der Waals surface area contributed by atoms with Gasteiger partial charge in [0.05, 0.1) is 36.6 Å². The van der Waals surface area contributed by atoms with Crippen molar-refractivity contribution >= 4 is 23.7 Å². The molecular weight excluding hydrogens is 574 g/mol. The Morgan fingerprint density at radius 2 is 1.93 bits per heavy atom. The molecule has 3 saturated heterocycles. The first-order valence-corrected chi connectivity index (χ1v) is 16.3. The van der Waals surface area contributed by atoms with Crippen molar-refractivity contribution in [3.63, 3.8) is 0 Å². The van der Waals surface area contributed by atoms with Gasteiger partial charge in [0.1, 0.15) is 17.7 Å². The summed E-state index contributed by atoms with van der Waals surface area (Å²) >= 11 is 0. The second-order valence-corrected chi connectivity index (χ2v) is 12.6. The maximum Gasteiger partial charge on any atom is 0.313 e. The Labute approximate surface area is 266 Å². The van der Waals surface area contributed by atoms with Crippen LogP contribution in [0, 0.1) is 11.8 Å². The Bertz CT molecular complexity index is 1240. The zero-order chi connectivity index (χ0) is 32.7. The lowest BCUT2D eigenvalue weighted by atomic mass is 9.70. The monoisotopic (exact) mass is 623 g/mol. The summed E-state index contributed by atoms with van der Waals surface area (Å²) < 4.78 is 12.7. The van der Waals surface area contributed by atoms with Crippen molar-refractivity contribution in [3.05, 3.63) is 61.2 Å². The average molecular weight is 624 g/mol. The number of carbonyl (C=O) groups is 4. The molecule has 0 aliphatic carbocycles. The number of allylic oxidation sites excluding steroid dienone is 1. The van der Waals surface area contributed by atoms with E-state index in [0.717, 1.165) is 19.3 Å². The number of ether oxygens (including phenoxy) is 2. The van der Waals surface area contributed by atoms with Gasteiger partial charge in [-0.15, -0.1) is 13.2 Å². The van der Waals surface area contributed by atoms with E-state index in [9.17, 15) is 24.3 Å². The molecule has 3 amide bonds. The van der Waals surface area contributed by atoms with Crippen LogP contribution in [0.4, 0.5) is 0 Å². The minimum Gasteiger partial charge on any atom is -0.455 e. The molecule has 0 saturated carbocycles. The fraction of sp³-hybridized carbons (Fsp3) is 0.600. The van der Waals surface area contributed by atoms with Gasteiger partial charge in [0, 0.05) is 19.5 Å². The van der Waals surface area contributed by atoms with E-state index in [-0.39, 0.29) is 30.7 Å². The third kappa shape index (κ3) is 6.87. The first-order chi connectivity index (χ1) is 21.6. The Kier molecular flexibility index (Phi) is 11.6. The topological polar surface area (TPSA) is 125 Å². The average Bonchev–Trinajstić information content (AvgIpc) is 3.69. The standard InChI is InChI=1S/C35H49N3O7/c1-6-9-14-21-37(20-8-3)33(42)31-35-19-18-26(45-35)28(29(35)32(41)38(31)23(4)22-39)34(43)44-30(25-15-12-11-13-16-25)24(5)36-27(40)17-10-7-2/h7-8,11-13,15-16,23-24,26,28-31,39H,2-3,6,9-10,14,17-22H2,1,4-5H3,(H,36,40)/t23-,24+,26+,28-,29-,30+,31+,35-/m1/s1. The number of fused-ring (bicyclic) bond motifs is 1. The van der Waals surface area contributed by atoms with E-state index in [1.807, 2.05) is 30.3 Å². The molecule has 3 heterocycles. The van der Waals surface area contributed by atoms with Gasteiger partial charge in [-0.3, -0.25) is 19.2 Å². The van der Waals surface area contributed by atoms with Crippen molar-refractivity contribution in [2.24, 2.45) is 11.8 Å². The molecule has 2 bridgehead atoms. The second-order valence-electron chi connectivity index (χ2n) is 12.6. The Balaban J connectivity index is 1.64. The molecule has 4 rings (SSSR count). The van der Waals surface area contributed by atoms with Gasteiger partial charge in [-0.25, -0.2) is 0 Å². The van der Waals surface area contributed by atoms with Gasteiger partial charge in [0.2, 0.25) is 17.7 Å². The van der Waals surface area contributed by atoms with E-state index < -0.39 is 53.7 Å². The van der Waals surface area contributed by atoms with Gasteiger partial charge in [0.15, 0.2) is 0 Å². The molecule has 1 spiro atoms. The Morgan fingerprint density at radius 3 is 2.58 bits per heavy atom. The molecule has 0 aromatic heterocycles. The van der Waals surface area contributed by atoms with Crippen molar-refractivity contribution in [2.75, 3.05) is 19.7 Å². The summed E-state index contributed by atoms with van der Waals surface area (Å²) in [6.07, 6.45) is 6.42. The molecule has 10 nitrogen and oxygen atoms in total. The first-order valence-electron chi connectivity index (χ1n) is 16.3. The van der Waals surface area contributed by atoms with E-state index in [4.69, 9.17) is 9.47 Å². The molecule has 0 unspecified atom stereocenters. The van der Waals surface area contributed by atoms with Crippen LogP contribution in [0.2, 0.25) is 0 Å². The van der Waals surface area contributed by atoms with Crippen molar-refractivity contribution in [2.45, 2.75) is 102 Å². The summed E-state index contributed by atoms with van der Waals surface area (Å²) in [5, 5.41) is 13.1. The molecule has 0 radical (unpaired) electrons. The van der Waals surface area contributed by atoms with Crippen LogP contribution >= 0.6 is 0 Å². The fourth-order valence-electron chi connectivity index (χ4n) is 7.31. The van der Waals surface area contributed by atoms with Gasteiger partial charge in [0.25, 0.3) is 0 Å². The minimum absolute atomic E-state index is 0.189. The van der Waals surface area contributed by atoms with Crippen LogP contribution < -0.4 is 5.32 Å². The molecule has 3 aliphatic heterocycles. The quantitative estimate of drug-likeness (QED) is 0.154. The molecule has 8 atom stereocenters. The zero-order valence-electron chi connectivity index (χ0n) is 26.9. The lowest BCUT2D eigenvalue weighted by Crippen LogP contribution is -2.58. The number of rotatable bonds is 17. The molecule has 3 fully saturated rings. The normalized spacial score (nSPS) is 26.9. The Hall–Kier alpha value is -3.50. The summed E-state index contributed by atoms with van der Waals surface area (Å²) in [6.45, 7) is 13.6. The number of nitrogens with one attached hydrogen (secondary N) is 1. The first kappa shape index (κ1) is 34.4. The lowest BCUT2D eigenvalue weighted by Gasteiger charge is -2.38. The van der Waals surface area contributed by atoms with Gasteiger partial charge in [-0.05, 0) is 45.1 Å². The lowest BCUT2D eigenvalue weighted by molar-refractivity contribution is -0.162. The molecule has 2 N–H and O–H groups in total. The van der Waals surface area contributed by atoms with Crippen LogP contribution in [0.15, 0.2) is 55.6 Å². The Morgan fingerprint density at radius 1 is 1.20 bits per heavy atom. The number of aliphatic hydroxyl groups excluding tert-OH is 1. The molecule has 246 valence electrons. The highest BCUT2D eigenvalue weighted by Gasteiger charge is 2.75. The maximum absolute atomic E-state index is 14.3. The van der Waals surface area contributed by atoms with E-state index in [2.05, 4.69) is 25.4 Å². The zero-order valence-corrected chi connectivity index (χ0v) is 26.9. The van der Waals surface area contributed by atoms with E-state index in [1.165, 1.54) is 4.90 Å². The molecule has 45 heavy (non-hydrogen) atoms. The number of hydrogen-bond acceptors (Lipinski definition) is 7. The highest BCUT2D eigenvalue weighted by molar-refractivity contribution is 5.98. The van der Waals surface area contributed by atoms with Crippen molar-refractivity contribution in [3.8, 4) is 0 Å². The molecular formula is C35H49N3O7. The number of likely N-dealkylation sites (tertiary alicyclic amines) is 1. The van der Waals surface area contributed by atoms with Crippen LogP contribution in [0.5, 0.6) is 0 Å². The van der Waals surface area contributed by atoms with E-state index >= 15 is 0 Å². The third-order valence-corrected chi connectivity index (χ3v) is 9.47. The fourth-order valence-corrected chi connectivity index (χ4v) is 7.31.